The minimum Gasteiger partial charge on any atom is -0.406 e. The number of hydrogen-bond donors (Lipinski definition) is 1. The Morgan fingerprint density at radius 2 is 1.88 bits per heavy atom. The monoisotopic (exact) mass is 371 g/mol. The zero-order valence-electron chi connectivity index (χ0n) is 14.8. The first-order valence-electron chi connectivity index (χ1n) is 8.48. The molecular weight excluding hydrogens is 347 g/mol. The summed E-state index contributed by atoms with van der Waals surface area (Å²) in [4.78, 5) is 16.3. The lowest BCUT2D eigenvalue weighted by Crippen LogP contribution is -2.53. The number of halogens is 3. The molecule has 1 atom stereocenters. The largest absolute Gasteiger partial charge is 0.573 e. The Morgan fingerprint density at radius 1 is 1.27 bits per heavy atom. The summed E-state index contributed by atoms with van der Waals surface area (Å²) < 4.78 is 40.4. The summed E-state index contributed by atoms with van der Waals surface area (Å²) >= 11 is 0. The summed E-state index contributed by atoms with van der Waals surface area (Å²) in [5, 5.41) is 2.80. The molecular formula is C18H24F3N3O2. The summed E-state index contributed by atoms with van der Waals surface area (Å²) in [5.74, 6) is -0.232. The molecule has 26 heavy (non-hydrogen) atoms. The highest BCUT2D eigenvalue weighted by atomic mass is 19.4. The Hall–Kier alpha value is -2.06. The van der Waals surface area contributed by atoms with Crippen molar-refractivity contribution in [3.05, 3.63) is 42.5 Å². The molecule has 1 heterocycles. The van der Waals surface area contributed by atoms with Crippen LogP contribution in [-0.4, -0.2) is 60.8 Å². The maximum absolute atomic E-state index is 12.2. The summed E-state index contributed by atoms with van der Waals surface area (Å²) in [6.07, 6.45) is -3.03. The fourth-order valence-corrected chi connectivity index (χ4v) is 2.85. The molecule has 1 fully saturated rings. The first kappa shape index (κ1) is 20.3. The van der Waals surface area contributed by atoms with Crippen LogP contribution < -0.4 is 10.1 Å². The third kappa shape index (κ3) is 6.34. The maximum Gasteiger partial charge on any atom is 0.573 e. The molecule has 1 amide bonds. The quantitative estimate of drug-likeness (QED) is 0.748. The fraction of sp³-hybridized carbons (Fsp3) is 0.500. The van der Waals surface area contributed by atoms with E-state index in [-0.39, 0.29) is 17.7 Å². The van der Waals surface area contributed by atoms with Crippen LogP contribution in [0.2, 0.25) is 0 Å². The van der Waals surface area contributed by atoms with Crippen LogP contribution in [0, 0.1) is 0 Å². The zero-order chi connectivity index (χ0) is 19.2. The average molecular weight is 371 g/mol. The highest BCUT2D eigenvalue weighted by molar-refractivity contribution is 5.81. The van der Waals surface area contributed by atoms with E-state index in [0.29, 0.717) is 13.1 Å². The van der Waals surface area contributed by atoms with Gasteiger partial charge in [0.15, 0.2) is 0 Å². The zero-order valence-corrected chi connectivity index (χ0v) is 14.8. The first-order valence-corrected chi connectivity index (χ1v) is 8.48. The van der Waals surface area contributed by atoms with Crippen LogP contribution in [0.25, 0.3) is 0 Å². The van der Waals surface area contributed by atoms with Crippen LogP contribution in [0.5, 0.6) is 5.75 Å². The lowest BCUT2D eigenvalue weighted by Gasteiger charge is -2.37. The Kier molecular flexibility index (Phi) is 7.05. The number of benzene rings is 1. The molecule has 144 valence electrons. The van der Waals surface area contributed by atoms with E-state index in [0.717, 1.165) is 31.7 Å². The van der Waals surface area contributed by atoms with Gasteiger partial charge in [-0.2, -0.15) is 0 Å². The van der Waals surface area contributed by atoms with Gasteiger partial charge in [-0.15, -0.1) is 19.8 Å². The summed E-state index contributed by atoms with van der Waals surface area (Å²) in [5.41, 5.74) is 0.921. The molecule has 1 N–H and O–H groups in total. The van der Waals surface area contributed by atoms with E-state index in [1.165, 1.54) is 12.1 Å². The van der Waals surface area contributed by atoms with Gasteiger partial charge in [-0.1, -0.05) is 18.2 Å². The second-order valence-corrected chi connectivity index (χ2v) is 6.21. The van der Waals surface area contributed by atoms with Crippen molar-refractivity contribution in [2.24, 2.45) is 0 Å². The van der Waals surface area contributed by atoms with E-state index in [1.54, 1.807) is 18.2 Å². The number of ether oxygens (including phenoxy) is 1. The molecule has 8 heteroatoms. The molecule has 0 bridgehead atoms. The predicted molar refractivity (Wildman–Crippen MR) is 92.6 cm³/mol. The number of carbonyl (C=O) groups is 1. The fourth-order valence-electron chi connectivity index (χ4n) is 2.85. The van der Waals surface area contributed by atoms with Crippen molar-refractivity contribution in [2.45, 2.75) is 25.9 Å². The van der Waals surface area contributed by atoms with E-state index in [1.807, 2.05) is 6.92 Å². The Balaban J connectivity index is 1.79. The molecule has 0 unspecified atom stereocenters. The lowest BCUT2D eigenvalue weighted by molar-refractivity contribution is -0.274. The third-order valence-corrected chi connectivity index (χ3v) is 4.32. The number of piperazine rings is 1. The van der Waals surface area contributed by atoms with Gasteiger partial charge in [-0.3, -0.25) is 14.6 Å². The average Bonchev–Trinajstić information content (AvgIpc) is 2.60. The lowest BCUT2D eigenvalue weighted by atomic mass is 10.1. The maximum atomic E-state index is 12.2. The molecule has 1 aliphatic heterocycles. The Bertz CT molecular complexity index is 597. The van der Waals surface area contributed by atoms with Crippen LogP contribution in [0.1, 0.15) is 12.5 Å². The molecule has 0 saturated carbocycles. The van der Waals surface area contributed by atoms with Gasteiger partial charge in [0, 0.05) is 39.3 Å². The molecule has 1 saturated heterocycles. The van der Waals surface area contributed by atoms with Crippen molar-refractivity contribution in [3.63, 3.8) is 0 Å². The summed E-state index contributed by atoms with van der Waals surface area (Å²) in [6.45, 7) is 9.67. The van der Waals surface area contributed by atoms with Gasteiger partial charge >= 0.3 is 6.36 Å². The molecule has 0 aliphatic carbocycles. The first-order chi connectivity index (χ1) is 12.3. The highest BCUT2D eigenvalue weighted by Gasteiger charge is 2.31. The van der Waals surface area contributed by atoms with Gasteiger partial charge < -0.3 is 10.1 Å². The minimum absolute atomic E-state index is 0.0152. The molecule has 1 aromatic rings. The summed E-state index contributed by atoms with van der Waals surface area (Å²) in [7, 11) is 0. The standard InChI is InChI=1S/C18H24F3N3O2/c1-3-8-22-17(25)14(2)24-11-9-23(10-12-24)13-15-4-6-16(7-5-15)26-18(19,20)21/h3-7,14H,1,8-13H2,2H3,(H,22,25)/t14-/m0/s1. The van der Waals surface area contributed by atoms with Gasteiger partial charge in [-0.05, 0) is 24.6 Å². The van der Waals surface area contributed by atoms with Crippen molar-refractivity contribution in [3.8, 4) is 5.75 Å². The van der Waals surface area contributed by atoms with Crippen molar-refractivity contribution < 1.29 is 22.7 Å². The van der Waals surface area contributed by atoms with Crippen molar-refractivity contribution >= 4 is 5.91 Å². The van der Waals surface area contributed by atoms with Crippen LogP contribution >= 0.6 is 0 Å². The van der Waals surface area contributed by atoms with E-state index < -0.39 is 6.36 Å². The van der Waals surface area contributed by atoms with Crippen LogP contribution in [0.4, 0.5) is 13.2 Å². The highest BCUT2D eigenvalue weighted by Crippen LogP contribution is 2.23. The van der Waals surface area contributed by atoms with Crippen molar-refractivity contribution in [1.29, 1.82) is 0 Å². The summed E-state index contributed by atoms with van der Waals surface area (Å²) in [6, 6.07) is 5.73. The molecule has 0 radical (unpaired) electrons. The van der Waals surface area contributed by atoms with Crippen LogP contribution in [0.15, 0.2) is 36.9 Å². The second kappa shape index (κ2) is 9.05. The number of nitrogens with zero attached hydrogens (tertiary/aromatic N) is 2. The number of rotatable bonds is 7. The molecule has 1 aromatic carbocycles. The normalized spacial score (nSPS) is 17.5. The van der Waals surface area contributed by atoms with E-state index in [4.69, 9.17) is 0 Å². The molecule has 0 aromatic heterocycles. The second-order valence-electron chi connectivity index (χ2n) is 6.21. The molecule has 5 nitrogen and oxygen atoms in total. The van der Waals surface area contributed by atoms with Gasteiger partial charge in [0.05, 0.1) is 6.04 Å². The third-order valence-electron chi connectivity index (χ3n) is 4.32. The molecule has 1 aliphatic rings. The smallest absolute Gasteiger partial charge is 0.406 e. The van der Waals surface area contributed by atoms with Crippen LogP contribution in [-0.2, 0) is 11.3 Å². The van der Waals surface area contributed by atoms with Gasteiger partial charge in [-0.25, -0.2) is 0 Å². The predicted octanol–water partition coefficient (Wildman–Crippen LogP) is 2.39. The van der Waals surface area contributed by atoms with Gasteiger partial charge in [0.1, 0.15) is 5.75 Å². The molecule has 2 rings (SSSR count). The van der Waals surface area contributed by atoms with Crippen LogP contribution in [0.3, 0.4) is 0 Å². The number of carbonyl (C=O) groups excluding carboxylic acids is 1. The Labute approximate surface area is 151 Å². The number of nitrogens with one attached hydrogen (secondary N) is 1. The van der Waals surface area contributed by atoms with Gasteiger partial charge in [0.2, 0.25) is 5.91 Å². The van der Waals surface area contributed by atoms with Crippen molar-refractivity contribution in [2.75, 3.05) is 32.7 Å². The van der Waals surface area contributed by atoms with Gasteiger partial charge in [0.25, 0.3) is 0 Å². The van der Waals surface area contributed by atoms with E-state index >= 15 is 0 Å². The number of alkyl halides is 3. The molecule has 0 spiro atoms. The topological polar surface area (TPSA) is 44.8 Å². The number of amides is 1. The SMILES string of the molecule is C=CCNC(=O)[C@H](C)N1CCN(Cc2ccc(OC(F)(F)F)cc2)CC1. The van der Waals surface area contributed by atoms with E-state index in [2.05, 4.69) is 26.4 Å². The Morgan fingerprint density at radius 3 is 2.42 bits per heavy atom. The van der Waals surface area contributed by atoms with E-state index in [9.17, 15) is 18.0 Å². The van der Waals surface area contributed by atoms with Crippen molar-refractivity contribution in [1.82, 2.24) is 15.1 Å². The minimum atomic E-state index is -4.67. The number of hydrogen-bond acceptors (Lipinski definition) is 4.